The lowest BCUT2D eigenvalue weighted by Gasteiger charge is -2.15. The third-order valence-corrected chi connectivity index (χ3v) is 5.40. The zero-order valence-corrected chi connectivity index (χ0v) is 17.9. The van der Waals surface area contributed by atoms with Crippen molar-refractivity contribution in [1.29, 1.82) is 0 Å². The van der Waals surface area contributed by atoms with E-state index in [0.717, 1.165) is 16.4 Å². The lowest BCUT2D eigenvalue weighted by atomic mass is 10.1. The molecule has 4 rings (SSSR count). The molecule has 1 amide bonds. The number of esters is 1. The van der Waals surface area contributed by atoms with Gasteiger partial charge in [0.15, 0.2) is 6.10 Å². The first-order valence-corrected chi connectivity index (χ1v) is 10.0. The Morgan fingerprint density at radius 1 is 1.00 bits per heavy atom. The smallest absolute Gasteiger partial charge is 0.340 e. The van der Waals surface area contributed by atoms with Crippen LogP contribution in [0.25, 0.3) is 21.9 Å². The zero-order valence-electron chi connectivity index (χ0n) is 16.3. The van der Waals surface area contributed by atoms with Crippen LogP contribution in [0.4, 0.5) is 5.69 Å². The number of anilines is 1. The number of rotatable bonds is 5. The molecule has 4 aromatic rings. The number of para-hydroxylation sites is 1. The average Bonchev–Trinajstić information content (AvgIpc) is 3.10. The standard InChI is InChI=1S/C23H18BrNO5/c1-13(29-23(27)15-8-3-5-9-17(15)24)22(26)25-18-12-20-16(11-21(18)28-2)14-7-4-6-10-19(14)30-20/h3-13H,1-2H3,(H,25,26). The van der Waals surface area contributed by atoms with Crippen LogP contribution < -0.4 is 10.1 Å². The van der Waals surface area contributed by atoms with Crippen molar-refractivity contribution in [3.8, 4) is 5.75 Å². The Morgan fingerprint density at radius 3 is 2.50 bits per heavy atom. The number of halogens is 1. The highest BCUT2D eigenvalue weighted by Gasteiger charge is 2.22. The fourth-order valence-corrected chi connectivity index (χ4v) is 3.60. The van der Waals surface area contributed by atoms with Crippen LogP contribution in [-0.4, -0.2) is 25.1 Å². The van der Waals surface area contributed by atoms with Gasteiger partial charge >= 0.3 is 5.97 Å². The summed E-state index contributed by atoms with van der Waals surface area (Å²) in [7, 11) is 1.52. The molecule has 0 aliphatic heterocycles. The van der Waals surface area contributed by atoms with Crippen LogP contribution in [0.5, 0.6) is 5.75 Å². The van der Waals surface area contributed by atoms with Gasteiger partial charge in [0.2, 0.25) is 0 Å². The lowest BCUT2D eigenvalue weighted by Crippen LogP contribution is -2.30. The van der Waals surface area contributed by atoms with Crippen molar-refractivity contribution in [2.45, 2.75) is 13.0 Å². The van der Waals surface area contributed by atoms with Crippen molar-refractivity contribution in [2.24, 2.45) is 0 Å². The second kappa shape index (κ2) is 8.20. The van der Waals surface area contributed by atoms with Gasteiger partial charge in [-0.15, -0.1) is 0 Å². The molecule has 0 spiro atoms. The van der Waals surface area contributed by atoms with Crippen LogP contribution in [0, 0.1) is 0 Å². The second-order valence-corrected chi connectivity index (χ2v) is 7.52. The molecule has 0 fully saturated rings. The van der Waals surface area contributed by atoms with E-state index in [1.807, 2.05) is 30.3 Å². The minimum atomic E-state index is -1.01. The highest BCUT2D eigenvalue weighted by atomic mass is 79.9. The van der Waals surface area contributed by atoms with Crippen LogP contribution in [-0.2, 0) is 9.53 Å². The predicted octanol–water partition coefficient (Wildman–Crippen LogP) is 5.54. The summed E-state index contributed by atoms with van der Waals surface area (Å²) >= 11 is 3.31. The third-order valence-electron chi connectivity index (χ3n) is 4.70. The van der Waals surface area contributed by atoms with Crippen molar-refractivity contribution in [3.05, 3.63) is 70.7 Å². The van der Waals surface area contributed by atoms with Crippen LogP contribution in [0.3, 0.4) is 0 Å². The predicted molar refractivity (Wildman–Crippen MR) is 118 cm³/mol. The molecule has 1 aromatic heterocycles. The SMILES string of the molecule is COc1cc2c(cc1NC(=O)C(C)OC(=O)c1ccccc1Br)oc1ccccc12. The Kier molecular flexibility index (Phi) is 5.46. The molecule has 0 aliphatic carbocycles. The Hall–Kier alpha value is -3.32. The van der Waals surface area contributed by atoms with E-state index in [2.05, 4.69) is 21.2 Å². The number of carbonyl (C=O) groups excluding carboxylic acids is 2. The van der Waals surface area contributed by atoms with Gasteiger partial charge in [-0.3, -0.25) is 4.79 Å². The summed E-state index contributed by atoms with van der Waals surface area (Å²) in [5.41, 5.74) is 2.13. The first kappa shape index (κ1) is 20.0. The lowest BCUT2D eigenvalue weighted by molar-refractivity contribution is -0.123. The molecule has 0 aliphatic rings. The maximum Gasteiger partial charge on any atom is 0.340 e. The summed E-state index contributed by atoms with van der Waals surface area (Å²) in [6, 6.07) is 18.0. The van der Waals surface area contributed by atoms with Gasteiger partial charge in [-0.2, -0.15) is 0 Å². The quantitative estimate of drug-likeness (QED) is 0.389. The minimum absolute atomic E-state index is 0.346. The van der Waals surface area contributed by atoms with E-state index in [-0.39, 0.29) is 0 Å². The number of ether oxygens (including phenoxy) is 2. The molecule has 1 N–H and O–H groups in total. The normalized spacial score (nSPS) is 12.0. The van der Waals surface area contributed by atoms with Crippen molar-refractivity contribution in [2.75, 3.05) is 12.4 Å². The number of hydrogen-bond acceptors (Lipinski definition) is 5. The number of benzene rings is 3. The largest absolute Gasteiger partial charge is 0.495 e. The van der Waals surface area contributed by atoms with E-state index in [0.29, 0.717) is 27.1 Å². The van der Waals surface area contributed by atoms with Crippen molar-refractivity contribution in [3.63, 3.8) is 0 Å². The van der Waals surface area contributed by atoms with Gasteiger partial charge in [0, 0.05) is 21.3 Å². The topological polar surface area (TPSA) is 77.8 Å². The molecular formula is C23H18BrNO5. The number of carbonyl (C=O) groups is 2. The van der Waals surface area contributed by atoms with Crippen LogP contribution in [0.1, 0.15) is 17.3 Å². The van der Waals surface area contributed by atoms with Gasteiger partial charge in [-0.1, -0.05) is 30.3 Å². The number of methoxy groups -OCH3 is 1. The van der Waals surface area contributed by atoms with E-state index >= 15 is 0 Å². The first-order valence-electron chi connectivity index (χ1n) is 9.23. The van der Waals surface area contributed by atoms with E-state index in [4.69, 9.17) is 13.9 Å². The summed E-state index contributed by atoms with van der Waals surface area (Å²) in [6.07, 6.45) is -1.01. The Bertz CT molecular complexity index is 1260. The first-order chi connectivity index (χ1) is 14.5. The fourth-order valence-electron chi connectivity index (χ4n) is 3.16. The Labute approximate surface area is 180 Å². The summed E-state index contributed by atoms with van der Waals surface area (Å²) in [4.78, 5) is 25.0. The van der Waals surface area contributed by atoms with Gasteiger partial charge < -0.3 is 19.2 Å². The summed E-state index contributed by atoms with van der Waals surface area (Å²) < 4.78 is 17.2. The molecule has 0 radical (unpaired) electrons. The average molecular weight is 468 g/mol. The van der Waals surface area contributed by atoms with Crippen molar-refractivity contribution >= 4 is 55.4 Å². The monoisotopic (exact) mass is 467 g/mol. The minimum Gasteiger partial charge on any atom is -0.495 e. The second-order valence-electron chi connectivity index (χ2n) is 6.66. The van der Waals surface area contributed by atoms with Crippen LogP contribution in [0.15, 0.2) is 69.6 Å². The van der Waals surface area contributed by atoms with E-state index in [9.17, 15) is 9.59 Å². The molecule has 0 bridgehead atoms. The van der Waals surface area contributed by atoms with E-state index in [1.165, 1.54) is 14.0 Å². The molecule has 1 unspecified atom stereocenters. The van der Waals surface area contributed by atoms with Crippen molar-refractivity contribution < 1.29 is 23.5 Å². The van der Waals surface area contributed by atoms with Gasteiger partial charge in [-0.25, -0.2) is 4.79 Å². The zero-order chi connectivity index (χ0) is 21.3. The number of nitrogens with one attached hydrogen (secondary N) is 1. The summed E-state index contributed by atoms with van der Waals surface area (Å²) in [6.45, 7) is 1.51. The van der Waals surface area contributed by atoms with Gasteiger partial charge in [0.1, 0.15) is 16.9 Å². The van der Waals surface area contributed by atoms with Gasteiger partial charge in [-0.05, 0) is 47.1 Å². The highest BCUT2D eigenvalue weighted by Crippen LogP contribution is 2.36. The van der Waals surface area contributed by atoms with Gasteiger partial charge in [0.25, 0.3) is 5.91 Å². The van der Waals surface area contributed by atoms with Crippen LogP contribution in [0.2, 0.25) is 0 Å². The Morgan fingerprint density at radius 2 is 1.73 bits per heavy atom. The maximum atomic E-state index is 12.7. The van der Waals surface area contributed by atoms with Gasteiger partial charge in [0.05, 0.1) is 18.4 Å². The molecule has 0 saturated carbocycles. The molecule has 152 valence electrons. The number of furan rings is 1. The molecule has 3 aromatic carbocycles. The molecule has 7 heteroatoms. The van der Waals surface area contributed by atoms with Crippen LogP contribution >= 0.6 is 15.9 Å². The molecule has 0 saturated heterocycles. The number of fused-ring (bicyclic) bond motifs is 3. The summed E-state index contributed by atoms with van der Waals surface area (Å²) in [5, 5.41) is 4.60. The molecule has 6 nitrogen and oxygen atoms in total. The van der Waals surface area contributed by atoms with E-state index in [1.54, 1.807) is 30.3 Å². The van der Waals surface area contributed by atoms with E-state index < -0.39 is 18.0 Å². The molecule has 1 heterocycles. The third kappa shape index (κ3) is 3.76. The fraction of sp³-hybridized carbons (Fsp3) is 0.130. The molecular weight excluding hydrogens is 450 g/mol. The number of amides is 1. The molecule has 1 atom stereocenters. The number of hydrogen-bond donors (Lipinski definition) is 1. The van der Waals surface area contributed by atoms with Crippen molar-refractivity contribution in [1.82, 2.24) is 0 Å². The molecule has 30 heavy (non-hydrogen) atoms. The summed E-state index contributed by atoms with van der Waals surface area (Å²) in [5.74, 6) is -0.597. The maximum absolute atomic E-state index is 12.7. The Balaban J connectivity index is 1.56. The highest BCUT2D eigenvalue weighted by molar-refractivity contribution is 9.10.